The van der Waals surface area contributed by atoms with Crippen LogP contribution in [0.4, 0.5) is 4.79 Å². The zero-order valence-electron chi connectivity index (χ0n) is 30.4. The molecule has 2 heterocycles. The lowest BCUT2D eigenvalue weighted by molar-refractivity contribution is -0.121. The summed E-state index contributed by atoms with van der Waals surface area (Å²) in [6, 6.07) is 0.468. The van der Waals surface area contributed by atoms with Gasteiger partial charge in [-0.1, -0.05) is 63.0 Å². The Morgan fingerprint density at radius 3 is 2.81 bits per heavy atom. The van der Waals surface area contributed by atoms with Crippen molar-refractivity contribution in [2.24, 2.45) is 23.2 Å². The summed E-state index contributed by atoms with van der Waals surface area (Å²) in [5, 5.41) is 19.7. The molecule has 4 N–H and O–H groups in total. The lowest BCUT2D eigenvalue weighted by Crippen LogP contribution is -2.36. The van der Waals surface area contributed by atoms with Gasteiger partial charge in [0.05, 0.1) is 23.8 Å². The third kappa shape index (κ3) is 9.93. The molecule has 3 amide bonds. The summed E-state index contributed by atoms with van der Waals surface area (Å²) in [6.45, 7) is 14.7. The van der Waals surface area contributed by atoms with Crippen molar-refractivity contribution < 1.29 is 19.4 Å². The van der Waals surface area contributed by atoms with Gasteiger partial charge in [0.1, 0.15) is 0 Å². The van der Waals surface area contributed by atoms with Crippen molar-refractivity contribution in [3.05, 3.63) is 35.5 Å². The fourth-order valence-electron chi connectivity index (χ4n) is 9.71. The van der Waals surface area contributed by atoms with E-state index in [0.29, 0.717) is 42.1 Å². The Labute approximate surface area is 295 Å². The Kier molecular flexibility index (Phi) is 13.2. The van der Waals surface area contributed by atoms with Crippen molar-refractivity contribution in [2.75, 3.05) is 18.9 Å². The Balaban J connectivity index is 0.991. The van der Waals surface area contributed by atoms with Gasteiger partial charge in [0.25, 0.3) is 0 Å². The topological polar surface area (TPSA) is 99.7 Å². The third-order valence-electron chi connectivity index (χ3n) is 12.4. The van der Waals surface area contributed by atoms with Gasteiger partial charge in [-0.2, -0.15) is 11.8 Å². The highest BCUT2D eigenvalue weighted by Crippen LogP contribution is 2.60. The number of rotatable bonds is 16. The van der Waals surface area contributed by atoms with Crippen LogP contribution in [-0.2, 0) is 9.53 Å². The molecule has 3 saturated carbocycles. The van der Waals surface area contributed by atoms with E-state index in [9.17, 15) is 14.7 Å². The second-order valence-corrected chi connectivity index (χ2v) is 17.9. The number of allylic oxidation sites excluding steroid dienone is 4. The molecule has 48 heavy (non-hydrogen) atoms. The quantitative estimate of drug-likeness (QED) is 0.0977. The second-order valence-electron chi connectivity index (χ2n) is 16.6. The number of thioether (sulfide) groups is 1. The van der Waals surface area contributed by atoms with Crippen LogP contribution in [0.1, 0.15) is 130 Å². The molecule has 2 saturated heterocycles. The highest BCUT2D eigenvalue weighted by molar-refractivity contribution is 8.00. The van der Waals surface area contributed by atoms with Crippen LogP contribution in [0.5, 0.6) is 0 Å². The number of fused-ring (bicyclic) bond motifs is 2. The molecule has 0 radical (unpaired) electrons. The second kappa shape index (κ2) is 17.0. The summed E-state index contributed by atoms with van der Waals surface area (Å²) >= 11 is 1.93. The number of carbonyl (C=O) groups is 2. The highest BCUT2D eigenvalue weighted by atomic mass is 32.2. The third-order valence-corrected chi connectivity index (χ3v) is 13.9. The molecular formula is C40H65N3O4S. The van der Waals surface area contributed by atoms with E-state index < -0.39 is 5.60 Å². The molecule has 5 aliphatic rings. The molecule has 0 aromatic heterocycles. The van der Waals surface area contributed by atoms with E-state index in [1.54, 1.807) is 5.57 Å². The minimum atomic E-state index is -0.558. The van der Waals surface area contributed by atoms with E-state index in [4.69, 9.17) is 4.74 Å². The molecule has 270 valence electrons. The van der Waals surface area contributed by atoms with Gasteiger partial charge in [0.15, 0.2) is 0 Å². The van der Waals surface area contributed by atoms with Crippen LogP contribution in [0.15, 0.2) is 35.5 Å². The fraction of sp³-hybridized carbons (Fsp3) is 0.800. The smallest absolute Gasteiger partial charge is 0.315 e. The van der Waals surface area contributed by atoms with E-state index in [0.717, 1.165) is 69.5 Å². The van der Waals surface area contributed by atoms with Crippen molar-refractivity contribution in [2.45, 2.75) is 159 Å². The van der Waals surface area contributed by atoms with Crippen LogP contribution >= 0.6 is 11.8 Å². The first-order chi connectivity index (χ1) is 22.9. The maximum Gasteiger partial charge on any atom is 0.315 e. The van der Waals surface area contributed by atoms with Crippen molar-refractivity contribution >= 4 is 23.7 Å². The number of hydrogen-bond donors (Lipinski definition) is 4. The molecule has 8 heteroatoms. The van der Waals surface area contributed by atoms with Gasteiger partial charge in [0, 0.05) is 30.6 Å². The van der Waals surface area contributed by atoms with Gasteiger partial charge in [-0.25, -0.2) is 4.79 Å². The molecule has 0 spiro atoms. The number of unbranched alkanes of at least 4 members (excludes halogenated alkanes) is 1. The summed E-state index contributed by atoms with van der Waals surface area (Å²) < 4.78 is 6.30. The predicted molar refractivity (Wildman–Crippen MR) is 198 cm³/mol. The Morgan fingerprint density at radius 1 is 1.17 bits per heavy atom. The minimum Gasteiger partial charge on any atom is -0.390 e. The minimum absolute atomic E-state index is 0.0385. The molecule has 0 aromatic rings. The Bertz CT molecular complexity index is 1190. The average molecular weight is 684 g/mol. The molecule has 8 unspecified atom stereocenters. The van der Waals surface area contributed by atoms with E-state index in [2.05, 4.69) is 48.5 Å². The number of ether oxygens (including phenoxy) is 1. The summed E-state index contributed by atoms with van der Waals surface area (Å²) in [6.07, 6.45) is 22.1. The first-order valence-corrected chi connectivity index (χ1v) is 20.3. The number of urea groups is 1. The number of nitrogens with one attached hydrogen (secondary N) is 3. The van der Waals surface area contributed by atoms with E-state index >= 15 is 0 Å². The van der Waals surface area contributed by atoms with Gasteiger partial charge >= 0.3 is 6.03 Å². The zero-order valence-corrected chi connectivity index (χ0v) is 31.2. The van der Waals surface area contributed by atoms with E-state index in [-0.39, 0.29) is 30.1 Å². The molecular weight excluding hydrogens is 619 g/mol. The molecule has 7 nitrogen and oxygen atoms in total. The summed E-state index contributed by atoms with van der Waals surface area (Å²) in [5.74, 6) is 3.28. The molecule has 0 aromatic carbocycles. The number of hydrogen-bond acceptors (Lipinski definition) is 5. The van der Waals surface area contributed by atoms with Gasteiger partial charge in [-0.3, -0.25) is 4.79 Å². The van der Waals surface area contributed by atoms with Gasteiger partial charge in [-0.05, 0) is 120 Å². The first kappa shape index (κ1) is 37.5. The summed E-state index contributed by atoms with van der Waals surface area (Å²) in [5.41, 5.74) is 4.11. The maximum absolute atomic E-state index is 12.4. The van der Waals surface area contributed by atoms with E-state index in [1.165, 1.54) is 49.7 Å². The van der Waals surface area contributed by atoms with E-state index in [1.807, 2.05) is 25.6 Å². The van der Waals surface area contributed by atoms with Crippen molar-refractivity contribution in [1.29, 1.82) is 0 Å². The first-order valence-electron chi connectivity index (χ1n) is 19.3. The molecule has 5 rings (SSSR count). The average Bonchev–Trinajstić information content (AvgIpc) is 3.70. The highest BCUT2D eigenvalue weighted by Gasteiger charge is 2.50. The maximum atomic E-state index is 12.4. The fourth-order valence-corrected chi connectivity index (χ4v) is 11.3. The van der Waals surface area contributed by atoms with Crippen LogP contribution in [0.25, 0.3) is 0 Å². The van der Waals surface area contributed by atoms with Crippen molar-refractivity contribution in [3.63, 3.8) is 0 Å². The van der Waals surface area contributed by atoms with Gasteiger partial charge < -0.3 is 25.8 Å². The lowest BCUT2D eigenvalue weighted by atomic mass is 9.60. The molecule has 5 fully saturated rings. The zero-order chi connectivity index (χ0) is 34.3. The predicted octanol–water partition coefficient (Wildman–Crippen LogP) is 7.99. The molecule has 2 aliphatic heterocycles. The summed E-state index contributed by atoms with van der Waals surface area (Å²) in [7, 11) is 0. The number of aliphatic hydroxyl groups is 1. The van der Waals surface area contributed by atoms with Crippen molar-refractivity contribution in [3.8, 4) is 0 Å². The Hall–Kier alpha value is -1.77. The molecule has 8 atom stereocenters. The normalized spacial score (nSPS) is 34.2. The van der Waals surface area contributed by atoms with Crippen LogP contribution in [0.3, 0.4) is 0 Å². The molecule has 3 aliphatic carbocycles. The lowest BCUT2D eigenvalue weighted by Gasteiger charge is -2.44. The number of amides is 3. The summed E-state index contributed by atoms with van der Waals surface area (Å²) in [4.78, 5) is 23.9. The van der Waals surface area contributed by atoms with Crippen molar-refractivity contribution in [1.82, 2.24) is 16.0 Å². The largest absolute Gasteiger partial charge is 0.390 e. The number of carbonyl (C=O) groups excluding carboxylic acids is 2. The van der Waals surface area contributed by atoms with Crippen LogP contribution in [0, 0.1) is 23.2 Å². The van der Waals surface area contributed by atoms with Crippen LogP contribution < -0.4 is 16.0 Å². The standard InChI is InChI=1S/C40H65N3O4S/c1-27-15-18-31(47-24-10-23-41-36(44)14-7-6-13-35-37-34(26-48-35)42-38(45)43-37)25-30(27)17-16-29-12-9-22-40(5)32(19-20-33(29)40)28(2)11-8-21-39(3,4)46/h16-17,28,31-35,37,46H,1,6-15,18-26H2,2-5H3,(H,41,44)(H2,42,43,45). The Morgan fingerprint density at radius 2 is 2.00 bits per heavy atom. The van der Waals surface area contributed by atoms with Crippen LogP contribution in [-0.4, -0.2) is 65.0 Å². The SMILES string of the molecule is C=C1CCC(OCCCNC(=O)CCCCC2SCC3NC(=O)NC32)CC1=CC=C1CCCC2(C)C1CCC2C(C)CCCC(C)(C)O. The molecule has 0 bridgehead atoms. The van der Waals surface area contributed by atoms with Gasteiger partial charge in [-0.15, -0.1) is 0 Å². The van der Waals surface area contributed by atoms with Crippen LogP contribution in [0.2, 0.25) is 0 Å². The van der Waals surface area contributed by atoms with Gasteiger partial charge in [0.2, 0.25) is 5.91 Å². The monoisotopic (exact) mass is 683 g/mol.